The zero-order valence-electron chi connectivity index (χ0n) is 13.4. The molecule has 0 saturated heterocycles. The van der Waals surface area contributed by atoms with Crippen molar-refractivity contribution in [2.45, 2.75) is 58.9 Å². The summed E-state index contributed by atoms with van der Waals surface area (Å²) < 4.78 is 0. The van der Waals surface area contributed by atoms with E-state index in [4.69, 9.17) is 0 Å². The topological polar surface area (TPSA) is 20.3 Å². The first-order chi connectivity index (χ1) is 8.49. The van der Waals surface area contributed by atoms with E-state index in [0.717, 1.165) is 12.6 Å². The molecule has 0 saturated carbocycles. The van der Waals surface area contributed by atoms with Gasteiger partial charge in [-0.15, -0.1) is 0 Å². The summed E-state index contributed by atoms with van der Waals surface area (Å²) in [4.78, 5) is 14.0. The maximum Gasteiger partial charge on any atom is 0.159 e. The Kier molecular flexibility index (Phi) is 4.83. The van der Waals surface area contributed by atoms with Crippen LogP contribution in [0.15, 0.2) is 24.4 Å². The molecule has 1 aliphatic heterocycles. The molecule has 1 rings (SSSR count). The highest BCUT2D eigenvalue weighted by molar-refractivity contribution is 6.76. The van der Waals surface area contributed by atoms with Gasteiger partial charge in [-0.25, -0.2) is 0 Å². The summed E-state index contributed by atoms with van der Waals surface area (Å²) in [5.74, 6) is 0.243. The van der Waals surface area contributed by atoms with Crippen LogP contribution in [0.5, 0.6) is 0 Å². The number of hydrogen-bond acceptors (Lipinski definition) is 2. The molecule has 0 N–H and O–H groups in total. The molecule has 0 fully saturated rings. The molecule has 0 bridgehead atoms. The van der Waals surface area contributed by atoms with Crippen LogP contribution in [0.2, 0.25) is 25.7 Å². The third kappa shape index (κ3) is 5.35. The van der Waals surface area contributed by atoms with Gasteiger partial charge in [-0.3, -0.25) is 4.79 Å². The molecular formula is C16H29NOSi. The second-order valence-electron chi connectivity index (χ2n) is 8.03. The van der Waals surface area contributed by atoms with Crippen LogP contribution in [0.25, 0.3) is 0 Å². The van der Waals surface area contributed by atoms with Crippen molar-refractivity contribution in [1.29, 1.82) is 0 Å². The molecule has 3 heteroatoms. The quantitative estimate of drug-likeness (QED) is 0.571. The fourth-order valence-corrected chi connectivity index (χ4v) is 4.30. The van der Waals surface area contributed by atoms with Gasteiger partial charge in [0.15, 0.2) is 5.78 Å². The van der Waals surface area contributed by atoms with Crippen molar-refractivity contribution in [1.82, 2.24) is 4.90 Å². The Morgan fingerprint density at radius 1 is 1.42 bits per heavy atom. The zero-order chi connectivity index (χ0) is 14.8. The molecule has 2 nitrogen and oxygen atoms in total. The maximum atomic E-state index is 11.7. The van der Waals surface area contributed by atoms with Crippen LogP contribution in [-0.4, -0.2) is 31.3 Å². The fourth-order valence-electron chi connectivity index (χ4n) is 2.69. The van der Waals surface area contributed by atoms with E-state index in [1.807, 2.05) is 6.20 Å². The first-order valence-corrected chi connectivity index (χ1v) is 10.8. The second kappa shape index (κ2) is 5.66. The predicted molar refractivity (Wildman–Crippen MR) is 86.0 cm³/mol. The van der Waals surface area contributed by atoms with Crippen molar-refractivity contribution in [2.75, 3.05) is 6.54 Å². The van der Waals surface area contributed by atoms with Crippen molar-refractivity contribution in [3.05, 3.63) is 24.4 Å². The number of rotatable bonds is 4. The minimum absolute atomic E-state index is 0.111. The van der Waals surface area contributed by atoms with E-state index >= 15 is 0 Å². The Hall–Kier alpha value is -0.833. The van der Waals surface area contributed by atoms with Crippen LogP contribution in [0, 0.1) is 5.41 Å². The monoisotopic (exact) mass is 279 g/mol. The van der Waals surface area contributed by atoms with Gasteiger partial charge in [0.05, 0.1) is 0 Å². The Labute approximate surface area is 119 Å². The highest BCUT2D eigenvalue weighted by atomic mass is 28.3. The number of ketones is 1. The number of hydrogen-bond donors (Lipinski definition) is 0. The third-order valence-corrected chi connectivity index (χ3v) is 4.99. The van der Waals surface area contributed by atoms with Gasteiger partial charge in [0.1, 0.15) is 0 Å². The van der Waals surface area contributed by atoms with Gasteiger partial charge in [0, 0.05) is 33.3 Å². The van der Waals surface area contributed by atoms with Crippen molar-refractivity contribution < 1.29 is 4.79 Å². The SMILES string of the molecule is C=C(CN1C=CC(=O)CC1C(C)(C)C)C[Si](C)(C)C. The summed E-state index contributed by atoms with van der Waals surface area (Å²) in [5.41, 5.74) is 1.41. The molecule has 0 radical (unpaired) electrons. The molecule has 1 heterocycles. The summed E-state index contributed by atoms with van der Waals surface area (Å²) >= 11 is 0. The summed E-state index contributed by atoms with van der Waals surface area (Å²) in [7, 11) is -1.10. The second-order valence-corrected chi connectivity index (χ2v) is 13.5. The first kappa shape index (κ1) is 16.2. The molecule has 108 valence electrons. The van der Waals surface area contributed by atoms with Gasteiger partial charge in [-0.05, 0) is 17.5 Å². The summed E-state index contributed by atoms with van der Waals surface area (Å²) in [6.07, 6.45) is 4.31. The Bertz CT molecular complexity index is 385. The molecule has 0 aliphatic carbocycles. The maximum absolute atomic E-state index is 11.7. The van der Waals surface area contributed by atoms with Crippen LogP contribution >= 0.6 is 0 Å². The van der Waals surface area contributed by atoms with Crippen LogP contribution < -0.4 is 0 Å². The van der Waals surface area contributed by atoms with Crippen LogP contribution in [0.3, 0.4) is 0 Å². The smallest absolute Gasteiger partial charge is 0.159 e. The summed E-state index contributed by atoms with van der Waals surface area (Å²) in [6, 6.07) is 1.44. The van der Waals surface area contributed by atoms with Gasteiger partial charge < -0.3 is 4.90 Å². The summed E-state index contributed by atoms with van der Waals surface area (Å²) in [6.45, 7) is 18.9. The van der Waals surface area contributed by atoms with Gasteiger partial charge in [0.2, 0.25) is 0 Å². The minimum Gasteiger partial charge on any atom is -0.369 e. The minimum atomic E-state index is -1.10. The molecule has 1 aliphatic rings. The number of carbonyl (C=O) groups excluding carboxylic acids is 1. The Balaban J connectivity index is 2.77. The van der Waals surface area contributed by atoms with Crippen molar-refractivity contribution >= 4 is 13.9 Å². The van der Waals surface area contributed by atoms with E-state index in [1.54, 1.807) is 6.08 Å². The van der Waals surface area contributed by atoms with Gasteiger partial charge in [-0.1, -0.05) is 52.6 Å². The zero-order valence-corrected chi connectivity index (χ0v) is 14.4. The molecule has 0 amide bonds. The van der Waals surface area contributed by atoms with E-state index in [-0.39, 0.29) is 17.2 Å². The molecule has 0 spiro atoms. The van der Waals surface area contributed by atoms with E-state index in [0.29, 0.717) is 6.42 Å². The van der Waals surface area contributed by atoms with E-state index in [1.165, 1.54) is 5.57 Å². The van der Waals surface area contributed by atoms with Crippen molar-refractivity contribution in [3.8, 4) is 0 Å². The lowest BCUT2D eigenvalue weighted by molar-refractivity contribution is -0.117. The largest absolute Gasteiger partial charge is 0.369 e. The molecule has 19 heavy (non-hydrogen) atoms. The van der Waals surface area contributed by atoms with E-state index in [9.17, 15) is 4.79 Å². The molecule has 0 aromatic heterocycles. The molecule has 1 unspecified atom stereocenters. The normalized spacial score (nSPS) is 20.8. The Morgan fingerprint density at radius 2 is 2.00 bits per heavy atom. The van der Waals surface area contributed by atoms with Crippen LogP contribution in [0.4, 0.5) is 0 Å². The lowest BCUT2D eigenvalue weighted by atomic mass is 9.81. The summed E-state index contributed by atoms with van der Waals surface area (Å²) in [5, 5.41) is 0. The van der Waals surface area contributed by atoms with E-state index < -0.39 is 8.07 Å². The fraction of sp³-hybridized carbons (Fsp3) is 0.688. The predicted octanol–water partition coefficient (Wildman–Crippen LogP) is 4.08. The van der Waals surface area contributed by atoms with Crippen LogP contribution in [0.1, 0.15) is 27.2 Å². The van der Waals surface area contributed by atoms with Gasteiger partial charge in [0.25, 0.3) is 0 Å². The average Bonchev–Trinajstić information content (AvgIpc) is 2.16. The number of nitrogens with zero attached hydrogens (tertiary/aromatic N) is 1. The molecule has 1 atom stereocenters. The molecule has 0 aromatic rings. The van der Waals surface area contributed by atoms with Crippen LogP contribution in [-0.2, 0) is 4.79 Å². The molecule has 0 aromatic carbocycles. The van der Waals surface area contributed by atoms with Gasteiger partial charge in [-0.2, -0.15) is 0 Å². The molecular weight excluding hydrogens is 250 g/mol. The lowest BCUT2D eigenvalue weighted by Crippen LogP contribution is -2.45. The highest BCUT2D eigenvalue weighted by Gasteiger charge is 2.33. The number of allylic oxidation sites excluding steroid dienone is 1. The van der Waals surface area contributed by atoms with Gasteiger partial charge >= 0.3 is 0 Å². The van der Waals surface area contributed by atoms with Crippen molar-refractivity contribution in [2.24, 2.45) is 5.41 Å². The number of carbonyl (C=O) groups is 1. The highest BCUT2D eigenvalue weighted by Crippen LogP contribution is 2.31. The lowest BCUT2D eigenvalue weighted by Gasteiger charge is -2.42. The third-order valence-electron chi connectivity index (χ3n) is 3.43. The standard InChI is InChI=1S/C16H29NOSi/c1-13(12-19(5,6)7)11-17-9-8-14(18)10-15(17)16(2,3)4/h8-9,15H,1,10-12H2,2-7H3. The van der Waals surface area contributed by atoms with E-state index in [2.05, 4.69) is 51.9 Å². The Morgan fingerprint density at radius 3 is 2.47 bits per heavy atom. The first-order valence-electron chi connectivity index (χ1n) is 7.12. The average molecular weight is 279 g/mol. The van der Waals surface area contributed by atoms with Crippen molar-refractivity contribution in [3.63, 3.8) is 0 Å².